The van der Waals surface area contributed by atoms with Gasteiger partial charge in [0.2, 0.25) is 5.91 Å². The van der Waals surface area contributed by atoms with Crippen LogP contribution in [0.25, 0.3) is 0 Å². The van der Waals surface area contributed by atoms with Crippen LogP contribution in [0.4, 0.5) is 0 Å². The van der Waals surface area contributed by atoms with Crippen molar-refractivity contribution < 1.29 is 28.6 Å². The molecule has 2 aromatic carbocycles. The summed E-state index contributed by atoms with van der Waals surface area (Å²) in [7, 11) is 1.47. The zero-order valence-corrected chi connectivity index (χ0v) is 26.9. The molecule has 4 atom stereocenters. The van der Waals surface area contributed by atoms with Gasteiger partial charge in [-0.2, -0.15) is 5.26 Å². The van der Waals surface area contributed by atoms with Gasteiger partial charge in [0.05, 0.1) is 36.2 Å². The molecule has 46 heavy (non-hydrogen) atoms. The SMILES string of the molecule is COc1cc(C#N)c(OC2CCC(C(=O)OCc3ccccc3)CC2)cc1C(=O)N[C@@H]1[C@H]2CC[C@H](C2)[C@@H]1C(=O)NCC1(C)CCC1. The zero-order valence-electron chi connectivity index (χ0n) is 26.9. The molecule has 4 aliphatic carbocycles. The quantitative estimate of drug-likeness (QED) is 0.306. The molecule has 2 aromatic rings. The Morgan fingerprint density at radius 1 is 0.978 bits per heavy atom. The molecule has 0 unspecified atom stereocenters. The number of rotatable bonds is 11. The maximum absolute atomic E-state index is 13.8. The van der Waals surface area contributed by atoms with E-state index in [-0.39, 0.29) is 82.5 Å². The van der Waals surface area contributed by atoms with Gasteiger partial charge < -0.3 is 24.8 Å². The number of benzene rings is 2. The number of carbonyl (C=O) groups is 3. The molecule has 2 amide bonds. The number of esters is 1. The van der Waals surface area contributed by atoms with Crippen molar-refractivity contribution in [2.45, 2.75) is 89.9 Å². The topological polar surface area (TPSA) is 127 Å². The minimum atomic E-state index is -0.336. The van der Waals surface area contributed by atoms with Crippen LogP contribution in [-0.2, 0) is 20.9 Å². The molecule has 2 N–H and O–H groups in total. The van der Waals surface area contributed by atoms with Crippen LogP contribution in [0, 0.1) is 40.4 Å². The number of fused-ring (bicyclic) bond motifs is 2. The number of hydrogen-bond donors (Lipinski definition) is 2. The molecule has 9 heteroatoms. The summed E-state index contributed by atoms with van der Waals surface area (Å²) in [5, 5.41) is 16.3. The highest BCUT2D eigenvalue weighted by atomic mass is 16.5. The average molecular weight is 628 g/mol. The molecule has 244 valence electrons. The fourth-order valence-corrected chi connectivity index (χ4v) is 8.01. The summed E-state index contributed by atoms with van der Waals surface area (Å²) in [4.78, 5) is 39.9. The second-order valence-corrected chi connectivity index (χ2v) is 14.1. The van der Waals surface area contributed by atoms with E-state index in [2.05, 4.69) is 23.6 Å². The van der Waals surface area contributed by atoms with E-state index >= 15 is 0 Å². The summed E-state index contributed by atoms with van der Waals surface area (Å²) in [6, 6.07) is 14.7. The highest BCUT2D eigenvalue weighted by Gasteiger charge is 2.51. The van der Waals surface area contributed by atoms with Gasteiger partial charge in [0, 0.05) is 18.7 Å². The van der Waals surface area contributed by atoms with Crippen LogP contribution >= 0.6 is 0 Å². The van der Waals surface area contributed by atoms with E-state index in [4.69, 9.17) is 14.2 Å². The zero-order chi connectivity index (χ0) is 32.3. The Morgan fingerprint density at radius 2 is 1.72 bits per heavy atom. The minimum absolute atomic E-state index is 0.0426. The lowest BCUT2D eigenvalue weighted by Gasteiger charge is -2.39. The second-order valence-electron chi connectivity index (χ2n) is 14.1. The van der Waals surface area contributed by atoms with Crippen LogP contribution in [0.5, 0.6) is 11.5 Å². The fraction of sp³-hybridized carbons (Fsp3) is 0.568. The Labute approximate surface area is 271 Å². The van der Waals surface area contributed by atoms with E-state index in [9.17, 15) is 19.6 Å². The Morgan fingerprint density at radius 3 is 2.39 bits per heavy atom. The summed E-state index contributed by atoms with van der Waals surface area (Å²) in [5.41, 5.74) is 1.69. The van der Waals surface area contributed by atoms with E-state index in [1.807, 2.05) is 30.3 Å². The van der Waals surface area contributed by atoms with Gasteiger partial charge in [-0.3, -0.25) is 14.4 Å². The van der Waals surface area contributed by atoms with Crippen molar-refractivity contribution in [1.82, 2.24) is 10.6 Å². The normalized spacial score (nSPS) is 27.5. The minimum Gasteiger partial charge on any atom is -0.496 e. The number of ether oxygens (including phenoxy) is 3. The Kier molecular flexibility index (Phi) is 9.53. The van der Waals surface area contributed by atoms with Crippen LogP contribution < -0.4 is 20.1 Å². The van der Waals surface area contributed by atoms with Crippen molar-refractivity contribution in [1.29, 1.82) is 5.26 Å². The summed E-state index contributed by atoms with van der Waals surface area (Å²) in [6.07, 6.45) is 8.74. The molecule has 9 nitrogen and oxygen atoms in total. The highest BCUT2D eigenvalue weighted by molar-refractivity contribution is 5.98. The number of nitrogens with one attached hydrogen (secondary N) is 2. The molecule has 4 aliphatic rings. The second kappa shape index (κ2) is 13.7. The van der Waals surface area contributed by atoms with Gasteiger partial charge in [-0.25, -0.2) is 0 Å². The molecule has 0 aliphatic heterocycles. The van der Waals surface area contributed by atoms with Crippen LogP contribution in [0.1, 0.15) is 92.6 Å². The van der Waals surface area contributed by atoms with Crippen LogP contribution in [0.3, 0.4) is 0 Å². The van der Waals surface area contributed by atoms with Gasteiger partial charge in [-0.1, -0.05) is 43.7 Å². The fourth-order valence-electron chi connectivity index (χ4n) is 8.01. The molecule has 6 rings (SSSR count). The van der Waals surface area contributed by atoms with E-state index in [1.54, 1.807) is 12.1 Å². The molecule has 0 aromatic heterocycles. The molecule has 4 fully saturated rings. The molecular formula is C37H45N3O6. The molecule has 0 heterocycles. The lowest BCUT2D eigenvalue weighted by molar-refractivity contribution is -0.151. The van der Waals surface area contributed by atoms with Gasteiger partial charge in [0.1, 0.15) is 24.2 Å². The first-order chi connectivity index (χ1) is 22.3. The first-order valence-electron chi connectivity index (χ1n) is 16.8. The predicted octanol–water partition coefficient (Wildman–Crippen LogP) is 5.70. The van der Waals surface area contributed by atoms with Gasteiger partial charge in [0.25, 0.3) is 5.91 Å². The third kappa shape index (κ3) is 6.86. The maximum atomic E-state index is 13.8. The average Bonchev–Trinajstić information content (AvgIpc) is 3.68. The van der Waals surface area contributed by atoms with Crippen molar-refractivity contribution in [3.8, 4) is 17.6 Å². The maximum Gasteiger partial charge on any atom is 0.309 e. The molecule has 2 bridgehead atoms. The van der Waals surface area contributed by atoms with E-state index < -0.39 is 0 Å². The lowest BCUT2D eigenvalue weighted by Crippen LogP contribution is -2.51. The Hall–Kier alpha value is -4.06. The van der Waals surface area contributed by atoms with E-state index in [1.165, 1.54) is 13.5 Å². The monoisotopic (exact) mass is 627 g/mol. The standard InChI is InChI=1S/C37H45N3O6/c1-37(15-6-16-37)22-39-35(42)32-25-9-10-26(17-25)33(32)40-34(41)29-19-30(27(20-38)18-31(29)44-2)46-28-13-11-24(12-14-28)36(43)45-21-23-7-4-3-5-8-23/h3-5,7-8,18-19,24-26,28,32-33H,6,9-17,21-22H2,1-2H3,(H,39,42)(H,40,41)/t24?,25-,26+,28?,32+,33-/m1/s1. The molecule has 0 saturated heterocycles. The van der Waals surface area contributed by atoms with Crippen LogP contribution in [0.2, 0.25) is 0 Å². The van der Waals surface area contributed by atoms with E-state index in [0.29, 0.717) is 38.0 Å². The van der Waals surface area contributed by atoms with Crippen LogP contribution in [0.15, 0.2) is 42.5 Å². The van der Waals surface area contributed by atoms with Gasteiger partial charge in [0.15, 0.2) is 0 Å². The van der Waals surface area contributed by atoms with Gasteiger partial charge in [-0.15, -0.1) is 0 Å². The largest absolute Gasteiger partial charge is 0.496 e. The third-order valence-corrected chi connectivity index (χ3v) is 11.0. The van der Waals surface area contributed by atoms with Gasteiger partial charge in [-0.05, 0) is 86.7 Å². The van der Waals surface area contributed by atoms with Crippen molar-refractivity contribution in [2.75, 3.05) is 13.7 Å². The first kappa shape index (κ1) is 31.9. The molecule has 0 spiro atoms. The van der Waals surface area contributed by atoms with Crippen molar-refractivity contribution in [3.05, 3.63) is 59.2 Å². The lowest BCUT2D eigenvalue weighted by atomic mass is 9.70. The third-order valence-electron chi connectivity index (χ3n) is 11.0. The highest BCUT2D eigenvalue weighted by Crippen LogP contribution is 2.49. The number of nitrogens with zero attached hydrogens (tertiary/aromatic N) is 1. The number of amides is 2. The number of methoxy groups -OCH3 is 1. The predicted molar refractivity (Wildman–Crippen MR) is 171 cm³/mol. The summed E-state index contributed by atoms with van der Waals surface area (Å²) in [5.74, 6) is 0.204. The molecule has 0 radical (unpaired) electrons. The number of nitriles is 1. The van der Waals surface area contributed by atoms with Crippen molar-refractivity contribution >= 4 is 17.8 Å². The van der Waals surface area contributed by atoms with Gasteiger partial charge >= 0.3 is 5.97 Å². The summed E-state index contributed by atoms with van der Waals surface area (Å²) in [6.45, 7) is 3.16. The number of hydrogen-bond acceptors (Lipinski definition) is 7. The van der Waals surface area contributed by atoms with E-state index in [0.717, 1.165) is 37.7 Å². The Balaban J connectivity index is 1.09. The van der Waals surface area contributed by atoms with Crippen LogP contribution in [-0.4, -0.2) is 43.6 Å². The van der Waals surface area contributed by atoms with Crippen molar-refractivity contribution in [2.24, 2.45) is 29.1 Å². The Bertz CT molecular complexity index is 1470. The molecular weight excluding hydrogens is 582 g/mol. The van der Waals surface area contributed by atoms with Crippen molar-refractivity contribution in [3.63, 3.8) is 0 Å². The summed E-state index contributed by atoms with van der Waals surface area (Å²) >= 11 is 0. The smallest absolute Gasteiger partial charge is 0.309 e. The first-order valence-corrected chi connectivity index (χ1v) is 16.8. The number of carbonyl (C=O) groups excluding carboxylic acids is 3. The molecule has 4 saturated carbocycles. The summed E-state index contributed by atoms with van der Waals surface area (Å²) < 4.78 is 17.4.